The Morgan fingerprint density at radius 1 is 0.900 bits per heavy atom. The summed E-state index contributed by atoms with van der Waals surface area (Å²) in [5.41, 5.74) is 4.11. The minimum absolute atomic E-state index is 0.0295. The largest absolute Gasteiger partial charge is 0.305 e. The number of benzene rings is 3. The lowest BCUT2D eigenvalue weighted by molar-refractivity contribution is 0.0981. The third kappa shape index (κ3) is 2.91. The zero-order chi connectivity index (χ0) is 20.9. The number of hydrogen-bond donors (Lipinski definition) is 0. The minimum Gasteiger partial charge on any atom is -0.305 e. The van der Waals surface area contributed by atoms with Crippen LogP contribution < -0.4 is 9.21 Å². The van der Waals surface area contributed by atoms with E-state index in [4.69, 9.17) is 0 Å². The smallest absolute Gasteiger partial charge is 0.264 e. The average molecular weight is 419 g/mol. The first-order valence-electron chi connectivity index (χ1n) is 10.1. The van der Waals surface area contributed by atoms with Crippen LogP contribution in [0.3, 0.4) is 0 Å². The number of carbonyl (C=O) groups excluding carboxylic acids is 1. The molecule has 2 aliphatic heterocycles. The van der Waals surface area contributed by atoms with Gasteiger partial charge >= 0.3 is 0 Å². The van der Waals surface area contributed by atoms with Gasteiger partial charge in [0.2, 0.25) is 0 Å². The van der Waals surface area contributed by atoms with Crippen LogP contribution in [-0.2, 0) is 22.9 Å². The van der Waals surface area contributed by atoms with Gasteiger partial charge < -0.3 is 4.90 Å². The van der Waals surface area contributed by atoms with Crippen molar-refractivity contribution in [3.63, 3.8) is 0 Å². The van der Waals surface area contributed by atoms with Crippen LogP contribution in [0, 0.1) is 0 Å². The molecule has 30 heavy (non-hydrogen) atoms. The fourth-order valence-electron chi connectivity index (χ4n) is 4.48. The molecular formula is C24H22N2O3S. The lowest BCUT2D eigenvalue weighted by Crippen LogP contribution is -2.35. The number of nitrogens with zero attached hydrogens (tertiary/aromatic N) is 2. The van der Waals surface area contributed by atoms with Crippen molar-refractivity contribution in [1.82, 2.24) is 0 Å². The maximum atomic E-state index is 13.4. The predicted molar refractivity (Wildman–Crippen MR) is 118 cm³/mol. The molecule has 1 amide bonds. The standard InChI is InChI=1S/C24H22N2O3S/c1-17-15-20-16-21(30(28,29)25-14-13-18-7-5-6-10-22(18)25)11-12-23(20)26(17)24(27)19-8-3-2-4-9-19/h2-12,16-17H,13-15H2,1H3/t17-/m1/s1. The van der Waals surface area contributed by atoms with Crippen LogP contribution in [0.15, 0.2) is 77.7 Å². The van der Waals surface area contributed by atoms with Crippen LogP contribution in [0.4, 0.5) is 11.4 Å². The Labute approximate surface area is 176 Å². The Bertz CT molecular complexity index is 1240. The maximum absolute atomic E-state index is 13.4. The van der Waals surface area contributed by atoms with Crippen LogP contribution >= 0.6 is 0 Å². The van der Waals surface area contributed by atoms with Crippen LogP contribution in [-0.4, -0.2) is 26.9 Å². The summed E-state index contributed by atoms with van der Waals surface area (Å²) in [6.07, 6.45) is 1.35. The second-order valence-corrected chi connectivity index (χ2v) is 9.70. The highest BCUT2D eigenvalue weighted by Gasteiger charge is 2.35. The monoisotopic (exact) mass is 418 g/mol. The zero-order valence-electron chi connectivity index (χ0n) is 16.7. The highest BCUT2D eigenvalue weighted by Crippen LogP contribution is 2.37. The van der Waals surface area contributed by atoms with Gasteiger partial charge in [-0.25, -0.2) is 8.42 Å². The van der Waals surface area contributed by atoms with E-state index in [2.05, 4.69) is 0 Å². The molecule has 3 aromatic carbocycles. The molecule has 0 bridgehead atoms. The van der Waals surface area contributed by atoms with Crippen molar-refractivity contribution >= 4 is 27.3 Å². The van der Waals surface area contributed by atoms with Crippen molar-refractivity contribution in [2.45, 2.75) is 30.7 Å². The van der Waals surface area contributed by atoms with E-state index in [1.165, 1.54) is 4.31 Å². The quantitative estimate of drug-likeness (QED) is 0.645. The summed E-state index contributed by atoms with van der Waals surface area (Å²) in [6.45, 7) is 2.44. The van der Waals surface area contributed by atoms with Gasteiger partial charge in [-0.1, -0.05) is 36.4 Å². The minimum atomic E-state index is -3.65. The summed E-state index contributed by atoms with van der Waals surface area (Å²) in [5.74, 6) is -0.0640. The third-order valence-corrected chi connectivity index (χ3v) is 7.75. The van der Waals surface area contributed by atoms with E-state index in [0.717, 1.165) is 28.9 Å². The molecule has 0 saturated carbocycles. The lowest BCUT2D eigenvalue weighted by atomic mass is 10.1. The molecule has 2 aliphatic rings. The lowest BCUT2D eigenvalue weighted by Gasteiger charge is -2.23. The van der Waals surface area contributed by atoms with Gasteiger partial charge in [0, 0.05) is 23.8 Å². The van der Waals surface area contributed by atoms with E-state index >= 15 is 0 Å². The molecule has 152 valence electrons. The van der Waals surface area contributed by atoms with Crippen molar-refractivity contribution in [1.29, 1.82) is 0 Å². The van der Waals surface area contributed by atoms with Crippen LogP contribution in [0.5, 0.6) is 0 Å². The zero-order valence-corrected chi connectivity index (χ0v) is 17.5. The Kier molecular flexibility index (Phi) is 4.40. The first-order chi connectivity index (χ1) is 14.5. The van der Waals surface area contributed by atoms with Gasteiger partial charge in [-0.05, 0) is 67.3 Å². The number of anilines is 2. The van der Waals surface area contributed by atoms with E-state index in [1.54, 1.807) is 35.2 Å². The Balaban J connectivity index is 1.50. The number of hydrogen-bond acceptors (Lipinski definition) is 3. The molecule has 3 aromatic rings. The molecular weight excluding hydrogens is 396 g/mol. The fraction of sp³-hybridized carbons (Fsp3) is 0.208. The number of para-hydroxylation sites is 1. The van der Waals surface area contributed by atoms with Gasteiger partial charge in [0.1, 0.15) is 0 Å². The topological polar surface area (TPSA) is 57.7 Å². The molecule has 0 N–H and O–H groups in total. The van der Waals surface area contributed by atoms with E-state index in [0.29, 0.717) is 18.5 Å². The van der Waals surface area contributed by atoms with Crippen molar-refractivity contribution in [3.8, 4) is 0 Å². The molecule has 2 heterocycles. The molecule has 5 rings (SSSR count). The Morgan fingerprint density at radius 2 is 1.63 bits per heavy atom. The number of amides is 1. The Morgan fingerprint density at radius 3 is 2.43 bits per heavy atom. The van der Waals surface area contributed by atoms with Gasteiger partial charge in [-0.15, -0.1) is 0 Å². The summed E-state index contributed by atoms with van der Waals surface area (Å²) in [4.78, 5) is 15.1. The van der Waals surface area contributed by atoms with Gasteiger partial charge in [0.25, 0.3) is 15.9 Å². The number of fused-ring (bicyclic) bond motifs is 2. The first-order valence-corrected chi connectivity index (χ1v) is 11.5. The van der Waals surface area contributed by atoms with Gasteiger partial charge in [0.15, 0.2) is 0 Å². The second kappa shape index (κ2) is 6.99. The molecule has 1 atom stereocenters. The summed E-state index contributed by atoms with van der Waals surface area (Å²) in [6, 6.07) is 21.9. The average Bonchev–Trinajstić information content (AvgIpc) is 3.34. The summed E-state index contributed by atoms with van der Waals surface area (Å²) < 4.78 is 28.2. The number of rotatable bonds is 3. The molecule has 0 aromatic heterocycles. The highest BCUT2D eigenvalue weighted by atomic mass is 32.2. The number of carbonyl (C=O) groups is 1. The van der Waals surface area contributed by atoms with Crippen molar-refractivity contribution in [2.24, 2.45) is 0 Å². The van der Waals surface area contributed by atoms with E-state index in [1.807, 2.05) is 49.4 Å². The Hall–Kier alpha value is -3.12. The SMILES string of the molecule is C[C@@H]1Cc2cc(S(=O)(=O)N3CCc4ccccc43)ccc2N1C(=O)c1ccccc1. The highest BCUT2D eigenvalue weighted by molar-refractivity contribution is 7.92. The van der Waals surface area contributed by atoms with E-state index < -0.39 is 10.0 Å². The summed E-state index contributed by atoms with van der Waals surface area (Å²) in [5, 5.41) is 0. The first kappa shape index (κ1) is 18.9. The molecule has 0 fully saturated rings. The van der Waals surface area contributed by atoms with Crippen LogP contribution in [0.1, 0.15) is 28.4 Å². The third-order valence-electron chi connectivity index (χ3n) is 5.94. The number of sulfonamides is 1. The summed E-state index contributed by atoms with van der Waals surface area (Å²) in [7, 11) is -3.65. The van der Waals surface area contributed by atoms with E-state index in [-0.39, 0.29) is 16.8 Å². The van der Waals surface area contributed by atoms with Gasteiger partial charge in [0.05, 0.1) is 10.6 Å². The molecule has 0 saturated heterocycles. The predicted octanol–water partition coefficient (Wildman–Crippen LogP) is 4.03. The fourth-order valence-corrected chi connectivity index (χ4v) is 6.04. The van der Waals surface area contributed by atoms with Gasteiger partial charge in [-0.3, -0.25) is 9.10 Å². The molecule has 0 spiro atoms. The molecule has 0 radical (unpaired) electrons. The van der Waals surface area contributed by atoms with Crippen molar-refractivity contribution in [3.05, 3.63) is 89.5 Å². The van der Waals surface area contributed by atoms with E-state index in [9.17, 15) is 13.2 Å². The van der Waals surface area contributed by atoms with Crippen LogP contribution in [0.2, 0.25) is 0 Å². The van der Waals surface area contributed by atoms with Gasteiger partial charge in [-0.2, -0.15) is 0 Å². The molecule has 0 aliphatic carbocycles. The molecule has 0 unspecified atom stereocenters. The van der Waals surface area contributed by atoms with Crippen molar-refractivity contribution < 1.29 is 13.2 Å². The normalized spacial score (nSPS) is 17.7. The van der Waals surface area contributed by atoms with Crippen molar-refractivity contribution in [2.75, 3.05) is 15.7 Å². The molecule has 5 nitrogen and oxygen atoms in total. The molecule has 6 heteroatoms. The van der Waals surface area contributed by atoms with Crippen LogP contribution in [0.25, 0.3) is 0 Å². The second-order valence-electron chi connectivity index (χ2n) is 7.84. The maximum Gasteiger partial charge on any atom is 0.264 e. The summed E-state index contributed by atoms with van der Waals surface area (Å²) >= 11 is 0.